The van der Waals surface area contributed by atoms with Crippen LogP contribution in [0.5, 0.6) is 17.2 Å². The van der Waals surface area contributed by atoms with Gasteiger partial charge in [-0.3, -0.25) is 9.69 Å². The Hall–Kier alpha value is -2.99. The smallest absolute Gasteiger partial charge is 0.234 e. The van der Waals surface area contributed by atoms with Gasteiger partial charge in [-0.25, -0.2) is 0 Å². The van der Waals surface area contributed by atoms with Crippen LogP contribution < -0.4 is 19.5 Å². The Labute approximate surface area is 178 Å². The van der Waals surface area contributed by atoms with E-state index in [1.54, 1.807) is 21.3 Å². The molecule has 1 aliphatic heterocycles. The molecule has 0 radical (unpaired) electrons. The number of amides is 1. The van der Waals surface area contributed by atoms with Crippen LogP contribution in [0.3, 0.4) is 0 Å². The molecule has 0 spiro atoms. The van der Waals surface area contributed by atoms with Gasteiger partial charge < -0.3 is 19.5 Å². The summed E-state index contributed by atoms with van der Waals surface area (Å²) < 4.78 is 16.5. The molecule has 0 fully saturated rings. The lowest BCUT2D eigenvalue weighted by Gasteiger charge is -2.27. The summed E-state index contributed by atoms with van der Waals surface area (Å²) in [5, 5.41) is 3.02. The molecule has 1 heterocycles. The predicted octanol–water partition coefficient (Wildman–Crippen LogP) is 3.43. The third kappa shape index (κ3) is 5.13. The van der Waals surface area contributed by atoms with Gasteiger partial charge in [-0.2, -0.15) is 0 Å². The fraction of sp³-hybridized carbons (Fsp3) is 0.375. The van der Waals surface area contributed by atoms with Crippen LogP contribution in [0, 0.1) is 6.92 Å². The number of rotatable bonds is 8. The Balaban J connectivity index is 1.63. The van der Waals surface area contributed by atoms with Gasteiger partial charge in [0.05, 0.1) is 33.4 Å². The van der Waals surface area contributed by atoms with Crippen LogP contribution in [0.1, 0.15) is 23.1 Å². The molecular weight excluding hydrogens is 380 g/mol. The van der Waals surface area contributed by atoms with E-state index >= 15 is 0 Å². The van der Waals surface area contributed by atoms with Gasteiger partial charge in [0, 0.05) is 31.8 Å². The molecule has 0 aromatic heterocycles. The van der Waals surface area contributed by atoms with Gasteiger partial charge in [0.25, 0.3) is 0 Å². The maximum Gasteiger partial charge on any atom is 0.234 e. The van der Waals surface area contributed by atoms with E-state index in [1.165, 1.54) is 5.56 Å². The minimum Gasteiger partial charge on any atom is -0.496 e. The minimum atomic E-state index is 0.0368. The first kappa shape index (κ1) is 21.7. The second kappa shape index (κ2) is 10.2. The molecule has 6 heteroatoms. The van der Waals surface area contributed by atoms with E-state index in [2.05, 4.69) is 29.3 Å². The number of hydrogen-bond donors (Lipinski definition) is 1. The van der Waals surface area contributed by atoms with E-state index in [-0.39, 0.29) is 5.91 Å². The van der Waals surface area contributed by atoms with Crippen LogP contribution in [-0.4, -0.2) is 51.8 Å². The van der Waals surface area contributed by atoms with Gasteiger partial charge >= 0.3 is 0 Å². The molecule has 2 aromatic carbocycles. The summed E-state index contributed by atoms with van der Waals surface area (Å²) in [5.41, 5.74) is 4.43. The first-order valence-electron chi connectivity index (χ1n) is 10.1. The minimum absolute atomic E-state index is 0.0368. The van der Waals surface area contributed by atoms with Crippen molar-refractivity contribution in [2.45, 2.75) is 19.9 Å². The highest BCUT2D eigenvalue weighted by molar-refractivity contribution is 5.79. The second-order valence-corrected chi connectivity index (χ2v) is 7.32. The van der Waals surface area contributed by atoms with Crippen molar-refractivity contribution in [3.63, 3.8) is 0 Å². The van der Waals surface area contributed by atoms with E-state index in [0.29, 0.717) is 25.4 Å². The van der Waals surface area contributed by atoms with Crippen molar-refractivity contribution in [3.8, 4) is 17.2 Å². The molecule has 0 unspecified atom stereocenters. The van der Waals surface area contributed by atoms with Crippen LogP contribution in [0.4, 0.5) is 0 Å². The van der Waals surface area contributed by atoms with Crippen LogP contribution in [0.25, 0.3) is 5.57 Å². The summed E-state index contributed by atoms with van der Waals surface area (Å²) in [6, 6.07) is 11.8. The molecule has 0 aliphatic carbocycles. The van der Waals surface area contributed by atoms with Crippen LogP contribution in [0.15, 0.2) is 42.5 Å². The lowest BCUT2D eigenvalue weighted by molar-refractivity contribution is -0.122. The first-order valence-corrected chi connectivity index (χ1v) is 10.1. The number of nitrogens with one attached hydrogen (secondary N) is 1. The third-order valence-electron chi connectivity index (χ3n) is 5.43. The van der Waals surface area contributed by atoms with Gasteiger partial charge in [0.2, 0.25) is 5.91 Å². The predicted molar refractivity (Wildman–Crippen MR) is 118 cm³/mol. The van der Waals surface area contributed by atoms with Gasteiger partial charge in [0.1, 0.15) is 17.2 Å². The Bertz CT molecular complexity index is 898. The Morgan fingerprint density at radius 2 is 1.77 bits per heavy atom. The zero-order chi connectivity index (χ0) is 21.5. The van der Waals surface area contributed by atoms with Crippen molar-refractivity contribution >= 4 is 11.5 Å². The number of methoxy groups -OCH3 is 3. The molecule has 6 nitrogen and oxygen atoms in total. The number of aryl methyl sites for hydroxylation is 1. The fourth-order valence-electron chi connectivity index (χ4n) is 3.67. The van der Waals surface area contributed by atoms with E-state index in [4.69, 9.17) is 14.2 Å². The number of carbonyl (C=O) groups excluding carboxylic acids is 1. The van der Waals surface area contributed by atoms with Gasteiger partial charge in [-0.15, -0.1) is 0 Å². The van der Waals surface area contributed by atoms with Crippen LogP contribution in [0.2, 0.25) is 0 Å². The number of carbonyl (C=O) groups is 1. The highest BCUT2D eigenvalue weighted by Gasteiger charge is 2.21. The maximum atomic E-state index is 12.4. The zero-order valence-electron chi connectivity index (χ0n) is 18.2. The molecule has 2 aromatic rings. The number of hydrogen-bond acceptors (Lipinski definition) is 5. The molecule has 3 rings (SSSR count). The lowest BCUT2D eigenvalue weighted by Crippen LogP contribution is -2.39. The molecule has 0 atom stereocenters. The molecule has 1 aliphatic rings. The number of ether oxygens (including phenoxy) is 3. The maximum absolute atomic E-state index is 12.4. The summed E-state index contributed by atoms with van der Waals surface area (Å²) in [4.78, 5) is 14.5. The van der Waals surface area contributed by atoms with Crippen LogP contribution in [-0.2, 0) is 11.3 Å². The lowest BCUT2D eigenvalue weighted by atomic mass is 9.97. The van der Waals surface area contributed by atoms with Gasteiger partial charge in [-0.05, 0) is 30.0 Å². The Kier molecular flexibility index (Phi) is 7.36. The molecule has 0 saturated heterocycles. The third-order valence-corrected chi connectivity index (χ3v) is 5.43. The van der Waals surface area contributed by atoms with E-state index in [1.807, 2.05) is 30.3 Å². The summed E-state index contributed by atoms with van der Waals surface area (Å²) in [6.45, 7) is 4.49. The molecule has 1 amide bonds. The molecule has 1 N–H and O–H groups in total. The molecule has 0 bridgehead atoms. The van der Waals surface area contributed by atoms with Gasteiger partial charge in [-0.1, -0.05) is 30.3 Å². The SMILES string of the molecule is COc1cc(OC)c(C2=CCN(CC(=O)NCc3ccccc3C)CC2)c(OC)c1. The van der Waals surface area contributed by atoms with Crippen molar-refractivity contribution in [1.29, 1.82) is 0 Å². The first-order chi connectivity index (χ1) is 14.5. The summed E-state index contributed by atoms with van der Waals surface area (Å²) >= 11 is 0. The van der Waals surface area contributed by atoms with Crippen molar-refractivity contribution in [2.24, 2.45) is 0 Å². The van der Waals surface area contributed by atoms with E-state index < -0.39 is 0 Å². The Morgan fingerprint density at radius 1 is 1.07 bits per heavy atom. The standard InChI is InChI=1S/C24H30N2O4/c1-17-7-5-6-8-19(17)15-25-23(27)16-26-11-9-18(10-12-26)24-21(29-3)13-20(28-2)14-22(24)30-4/h5-9,13-14H,10-12,15-16H2,1-4H3,(H,25,27). The quantitative estimate of drug-likeness (QED) is 0.723. The summed E-state index contributed by atoms with van der Waals surface area (Å²) in [6.07, 6.45) is 2.95. The van der Waals surface area contributed by atoms with Crippen molar-refractivity contribution in [1.82, 2.24) is 10.2 Å². The average Bonchev–Trinajstić information content (AvgIpc) is 2.78. The molecule has 0 saturated carbocycles. The van der Waals surface area contributed by atoms with Crippen LogP contribution >= 0.6 is 0 Å². The van der Waals surface area contributed by atoms with Crippen molar-refractivity contribution in [3.05, 3.63) is 59.2 Å². The van der Waals surface area contributed by atoms with Gasteiger partial charge in [0.15, 0.2) is 0 Å². The zero-order valence-corrected chi connectivity index (χ0v) is 18.2. The topological polar surface area (TPSA) is 60.0 Å². The second-order valence-electron chi connectivity index (χ2n) is 7.32. The number of nitrogens with zero attached hydrogens (tertiary/aromatic N) is 1. The molecule has 30 heavy (non-hydrogen) atoms. The average molecular weight is 411 g/mol. The van der Waals surface area contributed by atoms with Crippen molar-refractivity contribution in [2.75, 3.05) is 41.0 Å². The van der Waals surface area contributed by atoms with E-state index in [9.17, 15) is 4.79 Å². The fourth-order valence-corrected chi connectivity index (χ4v) is 3.67. The normalized spacial score (nSPS) is 14.1. The highest BCUT2D eigenvalue weighted by atomic mass is 16.5. The summed E-state index contributed by atoms with van der Waals surface area (Å²) in [5.74, 6) is 2.18. The summed E-state index contributed by atoms with van der Waals surface area (Å²) in [7, 11) is 4.91. The molecular formula is C24H30N2O4. The van der Waals surface area contributed by atoms with Crippen molar-refractivity contribution < 1.29 is 19.0 Å². The monoisotopic (exact) mass is 410 g/mol. The Morgan fingerprint density at radius 3 is 2.33 bits per heavy atom. The highest BCUT2D eigenvalue weighted by Crippen LogP contribution is 2.40. The largest absolute Gasteiger partial charge is 0.496 e. The van der Waals surface area contributed by atoms with E-state index in [0.717, 1.165) is 41.2 Å². The molecule has 160 valence electrons. The number of benzene rings is 2.